The van der Waals surface area contributed by atoms with Crippen molar-refractivity contribution in [3.8, 4) is 11.5 Å². The van der Waals surface area contributed by atoms with E-state index >= 15 is 0 Å². The molecule has 1 aromatic heterocycles. The molecule has 5 heteroatoms. The van der Waals surface area contributed by atoms with Gasteiger partial charge in [0.1, 0.15) is 18.5 Å². The lowest BCUT2D eigenvalue weighted by Gasteiger charge is -2.29. The van der Waals surface area contributed by atoms with Crippen LogP contribution in [0.2, 0.25) is 0 Å². The van der Waals surface area contributed by atoms with E-state index in [-0.39, 0.29) is 6.10 Å². The van der Waals surface area contributed by atoms with Crippen LogP contribution in [0.1, 0.15) is 5.82 Å². The largest absolute Gasteiger partial charge is 0.486 e. The molecule has 100 valence electrons. The molecular weight excluding hydrogens is 244 g/mol. The van der Waals surface area contributed by atoms with Crippen molar-refractivity contribution in [2.75, 3.05) is 6.61 Å². The van der Waals surface area contributed by atoms with Crippen LogP contribution in [0, 0.1) is 0 Å². The first kappa shape index (κ1) is 12.0. The average molecular weight is 260 g/mol. The lowest BCUT2D eigenvalue weighted by Crippen LogP contribution is -2.41. The molecule has 0 bridgehead atoms. The molecule has 2 atom stereocenters. The summed E-state index contributed by atoms with van der Waals surface area (Å²) in [5, 5.41) is 10.2. The van der Waals surface area contributed by atoms with E-state index in [1.165, 1.54) is 0 Å². The van der Waals surface area contributed by atoms with Gasteiger partial charge in [-0.3, -0.25) is 0 Å². The van der Waals surface area contributed by atoms with Crippen molar-refractivity contribution in [3.05, 3.63) is 42.5 Å². The van der Waals surface area contributed by atoms with Crippen molar-refractivity contribution in [2.45, 2.75) is 18.6 Å². The van der Waals surface area contributed by atoms with Crippen LogP contribution < -0.4 is 9.47 Å². The van der Waals surface area contributed by atoms with E-state index in [9.17, 15) is 5.11 Å². The van der Waals surface area contributed by atoms with Gasteiger partial charge >= 0.3 is 0 Å². The number of aryl methyl sites for hydroxylation is 1. The first-order valence-corrected chi connectivity index (χ1v) is 6.27. The number of nitrogens with zero attached hydrogens (tertiary/aromatic N) is 2. The molecule has 1 aliphatic heterocycles. The zero-order valence-corrected chi connectivity index (χ0v) is 10.7. The Morgan fingerprint density at radius 1 is 1.42 bits per heavy atom. The van der Waals surface area contributed by atoms with Crippen molar-refractivity contribution >= 4 is 0 Å². The SMILES string of the molecule is Cn1ccnc1CC(O)C1COc2ccccc2O1. The zero-order chi connectivity index (χ0) is 13.2. The van der Waals surface area contributed by atoms with Gasteiger partial charge in [-0.2, -0.15) is 0 Å². The molecule has 5 nitrogen and oxygen atoms in total. The van der Waals surface area contributed by atoms with Crippen molar-refractivity contribution in [2.24, 2.45) is 7.05 Å². The minimum atomic E-state index is -0.644. The van der Waals surface area contributed by atoms with Crippen LogP contribution in [0.5, 0.6) is 11.5 Å². The van der Waals surface area contributed by atoms with Crippen LogP contribution in [0.3, 0.4) is 0 Å². The van der Waals surface area contributed by atoms with Crippen molar-refractivity contribution in [3.63, 3.8) is 0 Å². The van der Waals surface area contributed by atoms with E-state index in [2.05, 4.69) is 4.98 Å². The topological polar surface area (TPSA) is 56.5 Å². The minimum Gasteiger partial charge on any atom is -0.486 e. The maximum Gasteiger partial charge on any atom is 0.161 e. The van der Waals surface area contributed by atoms with Gasteiger partial charge in [0, 0.05) is 25.9 Å². The van der Waals surface area contributed by atoms with Crippen LogP contribution in [0.4, 0.5) is 0 Å². The molecule has 0 amide bonds. The number of aromatic nitrogens is 2. The number of hydrogen-bond donors (Lipinski definition) is 1. The first-order chi connectivity index (χ1) is 9.24. The Balaban J connectivity index is 1.69. The molecule has 0 aliphatic carbocycles. The number of para-hydroxylation sites is 2. The fraction of sp³-hybridized carbons (Fsp3) is 0.357. The van der Waals surface area contributed by atoms with E-state index in [1.807, 2.05) is 42.1 Å². The summed E-state index contributed by atoms with van der Waals surface area (Å²) >= 11 is 0. The summed E-state index contributed by atoms with van der Waals surface area (Å²) in [4.78, 5) is 4.20. The monoisotopic (exact) mass is 260 g/mol. The maximum atomic E-state index is 10.2. The normalized spacial score (nSPS) is 19.2. The van der Waals surface area contributed by atoms with E-state index in [4.69, 9.17) is 9.47 Å². The summed E-state index contributed by atoms with van der Waals surface area (Å²) in [5.41, 5.74) is 0. The van der Waals surface area contributed by atoms with Gasteiger partial charge in [0.2, 0.25) is 0 Å². The molecule has 0 spiro atoms. The van der Waals surface area contributed by atoms with E-state index in [1.54, 1.807) is 6.20 Å². The molecule has 0 saturated heterocycles. The average Bonchev–Trinajstić information content (AvgIpc) is 2.84. The smallest absolute Gasteiger partial charge is 0.161 e. The molecular formula is C14H16N2O3. The Morgan fingerprint density at radius 3 is 2.95 bits per heavy atom. The molecule has 0 saturated carbocycles. The number of rotatable bonds is 3. The molecule has 19 heavy (non-hydrogen) atoms. The summed E-state index contributed by atoms with van der Waals surface area (Å²) in [5.74, 6) is 2.23. The van der Waals surface area contributed by atoms with Crippen molar-refractivity contribution in [1.82, 2.24) is 9.55 Å². The van der Waals surface area contributed by atoms with Crippen LogP contribution in [-0.4, -0.2) is 33.5 Å². The summed E-state index contributed by atoms with van der Waals surface area (Å²) in [6.45, 7) is 0.350. The highest BCUT2D eigenvalue weighted by Crippen LogP contribution is 2.31. The molecule has 1 aromatic carbocycles. The van der Waals surface area contributed by atoms with E-state index in [0.717, 1.165) is 11.6 Å². The lowest BCUT2D eigenvalue weighted by atomic mass is 10.1. The quantitative estimate of drug-likeness (QED) is 0.900. The van der Waals surface area contributed by atoms with Gasteiger partial charge < -0.3 is 19.1 Å². The van der Waals surface area contributed by atoms with Gasteiger partial charge in [-0.1, -0.05) is 12.1 Å². The highest BCUT2D eigenvalue weighted by molar-refractivity contribution is 5.40. The van der Waals surface area contributed by atoms with E-state index in [0.29, 0.717) is 18.8 Å². The first-order valence-electron chi connectivity index (χ1n) is 6.27. The predicted octanol–water partition coefficient (Wildman–Crippen LogP) is 1.16. The van der Waals surface area contributed by atoms with Gasteiger partial charge in [-0.05, 0) is 12.1 Å². The Kier molecular flexibility index (Phi) is 3.13. The number of ether oxygens (including phenoxy) is 2. The molecule has 0 fully saturated rings. The standard InChI is InChI=1S/C14H16N2O3/c1-16-7-6-15-14(16)8-10(17)13-9-18-11-4-2-3-5-12(11)19-13/h2-7,10,13,17H,8-9H2,1H3. The predicted molar refractivity (Wildman–Crippen MR) is 69.3 cm³/mol. The molecule has 1 aliphatic rings. The lowest BCUT2D eigenvalue weighted by molar-refractivity contribution is -0.0105. The van der Waals surface area contributed by atoms with Crippen LogP contribution >= 0.6 is 0 Å². The van der Waals surface area contributed by atoms with Gasteiger partial charge in [0.25, 0.3) is 0 Å². The Hall–Kier alpha value is -2.01. The molecule has 2 aromatic rings. The number of aliphatic hydroxyl groups is 1. The summed E-state index contributed by atoms with van der Waals surface area (Å²) in [7, 11) is 1.91. The second kappa shape index (κ2) is 4.93. The van der Waals surface area contributed by atoms with Gasteiger partial charge in [-0.15, -0.1) is 0 Å². The third-order valence-electron chi connectivity index (χ3n) is 3.27. The van der Waals surface area contributed by atoms with Crippen molar-refractivity contribution in [1.29, 1.82) is 0 Å². The molecule has 2 heterocycles. The van der Waals surface area contributed by atoms with E-state index < -0.39 is 6.10 Å². The molecule has 1 N–H and O–H groups in total. The third-order valence-corrected chi connectivity index (χ3v) is 3.27. The Labute approximate surface area is 111 Å². The second-order valence-corrected chi connectivity index (χ2v) is 4.64. The Morgan fingerprint density at radius 2 is 2.21 bits per heavy atom. The molecule has 2 unspecified atom stereocenters. The second-order valence-electron chi connectivity index (χ2n) is 4.64. The molecule has 0 radical (unpaired) electrons. The Bertz CT molecular complexity index is 567. The van der Waals surface area contributed by atoms with Gasteiger partial charge in [0.15, 0.2) is 17.6 Å². The summed E-state index contributed by atoms with van der Waals surface area (Å²) < 4.78 is 13.3. The summed E-state index contributed by atoms with van der Waals surface area (Å²) in [6.07, 6.45) is 3.01. The maximum absolute atomic E-state index is 10.2. The van der Waals surface area contributed by atoms with Crippen LogP contribution in [-0.2, 0) is 13.5 Å². The summed E-state index contributed by atoms with van der Waals surface area (Å²) in [6, 6.07) is 7.48. The highest BCUT2D eigenvalue weighted by atomic mass is 16.6. The number of fused-ring (bicyclic) bond motifs is 1. The van der Waals surface area contributed by atoms with Gasteiger partial charge in [-0.25, -0.2) is 4.98 Å². The number of aliphatic hydroxyl groups excluding tert-OH is 1. The van der Waals surface area contributed by atoms with Crippen LogP contribution in [0.15, 0.2) is 36.7 Å². The number of imidazole rings is 1. The zero-order valence-electron chi connectivity index (χ0n) is 10.7. The van der Waals surface area contributed by atoms with Crippen LogP contribution in [0.25, 0.3) is 0 Å². The molecule has 3 rings (SSSR count). The minimum absolute atomic E-state index is 0.350. The fourth-order valence-corrected chi connectivity index (χ4v) is 2.14. The number of benzene rings is 1. The number of hydrogen-bond acceptors (Lipinski definition) is 4. The van der Waals surface area contributed by atoms with Gasteiger partial charge in [0.05, 0.1) is 0 Å². The fourth-order valence-electron chi connectivity index (χ4n) is 2.14. The van der Waals surface area contributed by atoms with Crippen molar-refractivity contribution < 1.29 is 14.6 Å². The highest BCUT2D eigenvalue weighted by Gasteiger charge is 2.28. The third kappa shape index (κ3) is 2.42.